The Labute approximate surface area is 208 Å². The van der Waals surface area contributed by atoms with Crippen LogP contribution in [0.4, 0.5) is 0 Å². The number of likely N-dealkylation sites (tertiary alicyclic amines) is 1. The SMILES string of the molecule is CC(C)C[C@H](NC(=O)C(C)(C)C)C(=O)N1CCCC1CN(C)C(=O)c1cc(Br)ccc1Br. The Morgan fingerprint density at radius 2 is 1.88 bits per heavy atom. The summed E-state index contributed by atoms with van der Waals surface area (Å²) in [5, 5.41) is 2.98. The van der Waals surface area contributed by atoms with Gasteiger partial charge in [0, 0.05) is 40.5 Å². The second-order valence-electron chi connectivity index (χ2n) is 10.0. The maximum atomic E-state index is 13.5. The lowest BCUT2D eigenvalue weighted by Gasteiger charge is -2.33. The standard InChI is InChI=1S/C24H35Br2N3O3/c1-15(2)12-20(27-23(32)24(3,4)5)22(31)29-11-7-8-17(29)14-28(6)21(30)18-13-16(25)9-10-19(18)26/h9-10,13,15,17,20H,7-8,11-12,14H2,1-6H3,(H,27,32)/t17?,20-/m0/s1. The topological polar surface area (TPSA) is 69.7 Å². The zero-order chi connectivity index (χ0) is 24.2. The van der Waals surface area contributed by atoms with Crippen LogP contribution in [0.2, 0.25) is 0 Å². The van der Waals surface area contributed by atoms with Crippen molar-refractivity contribution in [3.63, 3.8) is 0 Å². The lowest BCUT2D eigenvalue weighted by Crippen LogP contribution is -2.54. The quantitative estimate of drug-likeness (QED) is 0.507. The lowest BCUT2D eigenvalue weighted by molar-refractivity contribution is -0.139. The second-order valence-corrected chi connectivity index (χ2v) is 11.8. The highest BCUT2D eigenvalue weighted by molar-refractivity contribution is 9.11. The summed E-state index contributed by atoms with van der Waals surface area (Å²) >= 11 is 6.88. The van der Waals surface area contributed by atoms with Gasteiger partial charge in [0.05, 0.1) is 5.56 Å². The van der Waals surface area contributed by atoms with Crippen molar-refractivity contribution >= 4 is 49.6 Å². The first kappa shape index (κ1) is 26.8. The number of nitrogens with one attached hydrogen (secondary N) is 1. The predicted molar refractivity (Wildman–Crippen MR) is 134 cm³/mol. The summed E-state index contributed by atoms with van der Waals surface area (Å²) in [6.07, 6.45) is 2.31. The fourth-order valence-electron chi connectivity index (χ4n) is 3.85. The van der Waals surface area contributed by atoms with Gasteiger partial charge in [-0.15, -0.1) is 0 Å². The normalized spacial score (nSPS) is 17.4. The molecule has 178 valence electrons. The molecule has 6 nitrogen and oxygen atoms in total. The molecule has 1 fully saturated rings. The molecule has 32 heavy (non-hydrogen) atoms. The van der Waals surface area contributed by atoms with E-state index in [1.54, 1.807) is 18.0 Å². The van der Waals surface area contributed by atoms with Crippen molar-refractivity contribution in [1.29, 1.82) is 0 Å². The fraction of sp³-hybridized carbons (Fsp3) is 0.625. The minimum Gasteiger partial charge on any atom is -0.344 e. The van der Waals surface area contributed by atoms with Gasteiger partial charge in [0.25, 0.3) is 5.91 Å². The third-order valence-electron chi connectivity index (χ3n) is 5.64. The van der Waals surface area contributed by atoms with Crippen LogP contribution in [-0.4, -0.2) is 59.7 Å². The number of benzene rings is 1. The molecule has 0 spiro atoms. The van der Waals surface area contributed by atoms with Crippen LogP contribution >= 0.6 is 31.9 Å². The molecule has 8 heteroatoms. The van der Waals surface area contributed by atoms with E-state index in [2.05, 4.69) is 37.2 Å². The van der Waals surface area contributed by atoms with Gasteiger partial charge in [-0.1, -0.05) is 50.5 Å². The number of halogens is 2. The fourth-order valence-corrected chi connectivity index (χ4v) is 4.63. The van der Waals surface area contributed by atoms with E-state index in [-0.39, 0.29) is 29.7 Å². The van der Waals surface area contributed by atoms with Crippen LogP contribution in [0.25, 0.3) is 0 Å². The summed E-state index contributed by atoms with van der Waals surface area (Å²) in [6.45, 7) is 10.7. The van der Waals surface area contributed by atoms with Crippen molar-refractivity contribution in [2.45, 2.75) is 66.0 Å². The largest absolute Gasteiger partial charge is 0.344 e. The molecule has 0 aromatic heterocycles. The summed E-state index contributed by atoms with van der Waals surface area (Å²) < 4.78 is 1.57. The van der Waals surface area contributed by atoms with E-state index < -0.39 is 11.5 Å². The van der Waals surface area contributed by atoms with E-state index in [0.29, 0.717) is 25.1 Å². The third-order valence-corrected chi connectivity index (χ3v) is 6.83. The average molecular weight is 573 g/mol. The number of carbonyl (C=O) groups is 3. The Kier molecular flexibility index (Phi) is 9.35. The number of carbonyl (C=O) groups excluding carboxylic acids is 3. The van der Waals surface area contributed by atoms with Crippen LogP contribution in [0.3, 0.4) is 0 Å². The molecule has 0 saturated carbocycles. The Hall–Kier alpha value is -1.41. The van der Waals surface area contributed by atoms with Crippen LogP contribution in [0, 0.1) is 11.3 Å². The summed E-state index contributed by atoms with van der Waals surface area (Å²) in [6, 6.07) is 4.89. The molecule has 1 N–H and O–H groups in total. The van der Waals surface area contributed by atoms with E-state index in [1.165, 1.54) is 0 Å². The van der Waals surface area contributed by atoms with Gasteiger partial charge in [-0.05, 0) is 59.3 Å². The van der Waals surface area contributed by atoms with Crippen molar-refractivity contribution < 1.29 is 14.4 Å². The van der Waals surface area contributed by atoms with Gasteiger partial charge < -0.3 is 15.1 Å². The highest BCUT2D eigenvalue weighted by Gasteiger charge is 2.36. The Morgan fingerprint density at radius 3 is 2.47 bits per heavy atom. The van der Waals surface area contributed by atoms with Gasteiger partial charge in [0.2, 0.25) is 11.8 Å². The third kappa shape index (κ3) is 7.04. The van der Waals surface area contributed by atoms with E-state index in [1.807, 2.05) is 51.7 Å². The lowest BCUT2D eigenvalue weighted by atomic mass is 9.94. The summed E-state index contributed by atoms with van der Waals surface area (Å²) in [5.74, 6) is -0.0111. The first-order valence-corrected chi connectivity index (χ1v) is 12.7. The molecular weight excluding hydrogens is 538 g/mol. The predicted octanol–water partition coefficient (Wildman–Crippen LogP) is 4.85. The van der Waals surface area contributed by atoms with E-state index in [9.17, 15) is 14.4 Å². The zero-order valence-corrected chi connectivity index (χ0v) is 23.0. The van der Waals surface area contributed by atoms with Crippen molar-refractivity contribution in [1.82, 2.24) is 15.1 Å². The minimum atomic E-state index is -0.566. The van der Waals surface area contributed by atoms with Crippen LogP contribution < -0.4 is 5.32 Å². The molecule has 2 atom stereocenters. The first-order chi connectivity index (χ1) is 14.8. The molecule has 1 aliphatic heterocycles. The number of likely N-dealkylation sites (N-methyl/N-ethyl adjacent to an activating group) is 1. The maximum Gasteiger partial charge on any atom is 0.254 e. The summed E-state index contributed by atoms with van der Waals surface area (Å²) in [7, 11) is 1.77. The minimum absolute atomic E-state index is 0.0525. The smallest absolute Gasteiger partial charge is 0.254 e. The Morgan fingerprint density at radius 1 is 1.22 bits per heavy atom. The van der Waals surface area contributed by atoms with E-state index >= 15 is 0 Å². The van der Waals surface area contributed by atoms with Crippen molar-refractivity contribution in [2.24, 2.45) is 11.3 Å². The second kappa shape index (κ2) is 11.1. The van der Waals surface area contributed by atoms with Crippen LogP contribution in [0.1, 0.15) is 64.2 Å². The molecule has 1 unspecified atom stereocenters. The zero-order valence-electron chi connectivity index (χ0n) is 19.9. The van der Waals surface area contributed by atoms with Crippen molar-refractivity contribution in [3.8, 4) is 0 Å². The summed E-state index contributed by atoms with van der Waals surface area (Å²) in [5.41, 5.74) is 0.0112. The molecule has 1 saturated heterocycles. The number of rotatable bonds is 7. The molecule has 0 bridgehead atoms. The molecule has 3 amide bonds. The number of amides is 3. The van der Waals surface area contributed by atoms with E-state index in [4.69, 9.17) is 0 Å². The average Bonchev–Trinajstić information content (AvgIpc) is 3.15. The van der Waals surface area contributed by atoms with Gasteiger partial charge >= 0.3 is 0 Å². The first-order valence-electron chi connectivity index (χ1n) is 11.1. The van der Waals surface area contributed by atoms with Gasteiger partial charge in [-0.2, -0.15) is 0 Å². The molecule has 1 heterocycles. The molecule has 1 aromatic carbocycles. The van der Waals surface area contributed by atoms with Gasteiger partial charge in [0.1, 0.15) is 6.04 Å². The van der Waals surface area contributed by atoms with Crippen LogP contribution in [0.5, 0.6) is 0 Å². The number of hydrogen-bond acceptors (Lipinski definition) is 3. The monoisotopic (exact) mass is 571 g/mol. The molecule has 0 radical (unpaired) electrons. The van der Waals surface area contributed by atoms with Crippen molar-refractivity contribution in [3.05, 3.63) is 32.7 Å². The number of hydrogen-bond donors (Lipinski definition) is 1. The molecule has 2 rings (SSSR count). The van der Waals surface area contributed by atoms with Gasteiger partial charge in [-0.3, -0.25) is 14.4 Å². The van der Waals surface area contributed by atoms with Gasteiger partial charge in [0.15, 0.2) is 0 Å². The highest BCUT2D eigenvalue weighted by atomic mass is 79.9. The maximum absolute atomic E-state index is 13.5. The molecular formula is C24H35Br2N3O3. The van der Waals surface area contributed by atoms with Gasteiger partial charge in [-0.25, -0.2) is 0 Å². The van der Waals surface area contributed by atoms with Crippen molar-refractivity contribution in [2.75, 3.05) is 20.1 Å². The van der Waals surface area contributed by atoms with E-state index in [0.717, 1.165) is 21.8 Å². The van der Waals surface area contributed by atoms with Crippen LogP contribution in [0.15, 0.2) is 27.1 Å². The Bertz CT molecular complexity index is 851. The number of nitrogens with zero attached hydrogens (tertiary/aromatic N) is 2. The highest BCUT2D eigenvalue weighted by Crippen LogP contribution is 2.25. The van der Waals surface area contributed by atoms with Crippen LogP contribution in [-0.2, 0) is 9.59 Å². The molecule has 1 aromatic rings. The molecule has 1 aliphatic rings. The summed E-state index contributed by atoms with van der Waals surface area (Å²) in [4.78, 5) is 42.6. The Balaban J connectivity index is 2.14. The molecule has 0 aliphatic carbocycles.